The predicted molar refractivity (Wildman–Crippen MR) is 64.9 cm³/mol. The SMILES string of the molecule is FCC1CCN(c2nc3ccc(F)cc3o2)CC1. The Morgan fingerprint density at radius 3 is 2.83 bits per heavy atom. The minimum Gasteiger partial charge on any atom is -0.423 e. The van der Waals surface area contributed by atoms with Gasteiger partial charge in [-0.15, -0.1) is 0 Å². The summed E-state index contributed by atoms with van der Waals surface area (Å²) in [7, 11) is 0. The summed E-state index contributed by atoms with van der Waals surface area (Å²) < 4.78 is 31.1. The average molecular weight is 252 g/mol. The Morgan fingerprint density at radius 2 is 2.11 bits per heavy atom. The molecule has 0 radical (unpaired) electrons. The Morgan fingerprint density at radius 1 is 1.33 bits per heavy atom. The van der Waals surface area contributed by atoms with Gasteiger partial charge in [0, 0.05) is 19.2 Å². The number of halogens is 2. The van der Waals surface area contributed by atoms with Gasteiger partial charge in [0.05, 0.1) is 6.67 Å². The molecule has 0 spiro atoms. The monoisotopic (exact) mass is 252 g/mol. The van der Waals surface area contributed by atoms with E-state index in [0.717, 1.165) is 25.9 Å². The van der Waals surface area contributed by atoms with Crippen molar-refractivity contribution in [3.63, 3.8) is 0 Å². The Labute approximate surface area is 103 Å². The van der Waals surface area contributed by atoms with Crippen molar-refractivity contribution in [1.82, 2.24) is 4.98 Å². The third kappa shape index (κ3) is 2.05. The van der Waals surface area contributed by atoms with Crippen molar-refractivity contribution in [2.75, 3.05) is 24.7 Å². The number of hydrogen-bond donors (Lipinski definition) is 0. The molecule has 3 rings (SSSR count). The number of alkyl halides is 1. The van der Waals surface area contributed by atoms with Gasteiger partial charge in [0.25, 0.3) is 6.01 Å². The molecule has 1 aliphatic heterocycles. The molecule has 0 bridgehead atoms. The number of hydrogen-bond acceptors (Lipinski definition) is 3. The number of benzene rings is 1. The van der Waals surface area contributed by atoms with Crippen LogP contribution in [0.2, 0.25) is 0 Å². The fourth-order valence-corrected chi connectivity index (χ4v) is 2.30. The lowest BCUT2D eigenvalue weighted by atomic mass is 9.99. The number of piperidine rings is 1. The highest BCUT2D eigenvalue weighted by Gasteiger charge is 2.22. The van der Waals surface area contributed by atoms with Crippen molar-refractivity contribution in [2.45, 2.75) is 12.8 Å². The molecule has 0 aliphatic carbocycles. The summed E-state index contributed by atoms with van der Waals surface area (Å²) in [6.45, 7) is 1.22. The van der Waals surface area contributed by atoms with Gasteiger partial charge in [-0.05, 0) is 30.9 Å². The third-order valence-electron chi connectivity index (χ3n) is 3.44. The van der Waals surface area contributed by atoms with Gasteiger partial charge in [0.15, 0.2) is 5.58 Å². The second-order valence-corrected chi connectivity index (χ2v) is 4.69. The molecule has 2 heterocycles. The summed E-state index contributed by atoms with van der Waals surface area (Å²) in [6.07, 6.45) is 1.62. The zero-order valence-electron chi connectivity index (χ0n) is 9.90. The molecule has 1 saturated heterocycles. The number of fused-ring (bicyclic) bond motifs is 1. The standard InChI is InChI=1S/C13H14F2N2O/c14-8-9-3-5-17(6-4-9)13-16-11-2-1-10(15)7-12(11)18-13/h1-2,7,9H,3-6,8H2. The van der Waals surface area contributed by atoms with Crippen LogP contribution < -0.4 is 4.90 Å². The van der Waals surface area contributed by atoms with Crippen LogP contribution in [0.25, 0.3) is 11.1 Å². The van der Waals surface area contributed by atoms with Crippen LogP contribution in [0.4, 0.5) is 14.8 Å². The summed E-state index contributed by atoms with van der Waals surface area (Å²) in [5, 5.41) is 0. The molecule has 3 nitrogen and oxygen atoms in total. The van der Waals surface area contributed by atoms with Crippen LogP contribution in [0.15, 0.2) is 22.6 Å². The number of nitrogens with zero attached hydrogens (tertiary/aromatic N) is 2. The maximum Gasteiger partial charge on any atom is 0.298 e. The first-order valence-corrected chi connectivity index (χ1v) is 6.13. The van der Waals surface area contributed by atoms with Gasteiger partial charge in [-0.25, -0.2) is 4.39 Å². The predicted octanol–water partition coefficient (Wildman–Crippen LogP) is 3.15. The maximum absolute atomic E-state index is 13.0. The van der Waals surface area contributed by atoms with Gasteiger partial charge in [0.2, 0.25) is 0 Å². The lowest BCUT2D eigenvalue weighted by Gasteiger charge is -2.29. The van der Waals surface area contributed by atoms with E-state index in [4.69, 9.17) is 4.42 Å². The fraction of sp³-hybridized carbons (Fsp3) is 0.462. The van der Waals surface area contributed by atoms with Crippen molar-refractivity contribution in [2.24, 2.45) is 5.92 Å². The second kappa shape index (κ2) is 4.55. The minimum atomic E-state index is -0.332. The topological polar surface area (TPSA) is 29.3 Å². The molecule has 0 atom stereocenters. The van der Waals surface area contributed by atoms with Crippen LogP contribution in [-0.4, -0.2) is 24.7 Å². The van der Waals surface area contributed by atoms with Crippen LogP contribution in [0.3, 0.4) is 0 Å². The van der Waals surface area contributed by atoms with Crippen molar-refractivity contribution in [3.8, 4) is 0 Å². The number of aromatic nitrogens is 1. The van der Waals surface area contributed by atoms with Crippen LogP contribution in [0.1, 0.15) is 12.8 Å². The lowest BCUT2D eigenvalue weighted by molar-refractivity contribution is 0.302. The van der Waals surface area contributed by atoms with Crippen LogP contribution in [0.5, 0.6) is 0 Å². The molecule has 1 aliphatic rings. The summed E-state index contributed by atoms with van der Waals surface area (Å²) in [5.74, 6) is -0.176. The maximum atomic E-state index is 13.0. The molecule has 18 heavy (non-hydrogen) atoms. The highest BCUT2D eigenvalue weighted by atomic mass is 19.1. The fourth-order valence-electron chi connectivity index (χ4n) is 2.30. The van der Waals surface area contributed by atoms with Crippen LogP contribution >= 0.6 is 0 Å². The van der Waals surface area contributed by atoms with Gasteiger partial charge in [0.1, 0.15) is 11.3 Å². The zero-order valence-corrected chi connectivity index (χ0v) is 9.90. The Hall–Kier alpha value is -1.65. The first kappa shape index (κ1) is 11.4. The molecule has 1 aromatic carbocycles. The van der Waals surface area contributed by atoms with Crippen molar-refractivity contribution >= 4 is 17.1 Å². The summed E-state index contributed by atoms with van der Waals surface area (Å²) in [6, 6.07) is 4.81. The van der Waals surface area contributed by atoms with Gasteiger partial charge < -0.3 is 9.32 Å². The molecule has 0 amide bonds. The Kier molecular flexibility index (Phi) is 2.89. The van der Waals surface area contributed by atoms with E-state index in [-0.39, 0.29) is 18.4 Å². The van der Waals surface area contributed by atoms with Crippen molar-refractivity contribution in [3.05, 3.63) is 24.0 Å². The van der Waals surface area contributed by atoms with Crippen molar-refractivity contribution < 1.29 is 13.2 Å². The van der Waals surface area contributed by atoms with E-state index in [1.807, 2.05) is 4.90 Å². The summed E-state index contributed by atoms with van der Waals surface area (Å²) in [4.78, 5) is 6.32. The first-order valence-electron chi connectivity index (χ1n) is 6.13. The molecule has 2 aromatic rings. The molecular formula is C13H14F2N2O. The molecule has 5 heteroatoms. The van der Waals surface area contributed by atoms with E-state index in [1.54, 1.807) is 6.07 Å². The third-order valence-corrected chi connectivity index (χ3v) is 3.44. The van der Waals surface area contributed by atoms with Crippen molar-refractivity contribution in [1.29, 1.82) is 0 Å². The van der Waals surface area contributed by atoms with E-state index in [9.17, 15) is 8.78 Å². The Bertz CT molecular complexity index is 547. The van der Waals surface area contributed by atoms with Gasteiger partial charge in [-0.1, -0.05) is 0 Å². The van der Waals surface area contributed by atoms with E-state index in [1.165, 1.54) is 12.1 Å². The molecule has 1 aromatic heterocycles. The molecule has 1 fully saturated rings. The highest BCUT2D eigenvalue weighted by Crippen LogP contribution is 2.26. The molecule has 0 N–H and O–H groups in total. The van der Waals surface area contributed by atoms with Crippen LogP contribution in [-0.2, 0) is 0 Å². The normalized spacial score (nSPS) is 17.6. The summed E-state index contributed by atoms with van der Waals surface area (Å²) in [5.41, 5.74) is 1.11. The van der Waals surface area contributed by atoms with E-state index >= 15 is 0 Å². The molecular weight excluding hydrogens is 238 g/mol. The van der Waals surface area contributed by atoms with Gasteiger partial charge >= 0.3 is 0 Å². The molecule has 0 unspecified atom stereocenters. The zero-order chi connectivity index (χ0) is 12.5. The minimum absolute atomic E-state index is 0.156. The largest absolute Gasteiger partial charge is 0.423 e. The number of anilines is 1. The van der Waals surface area contributed by atoms with E-state index in [2.05, 4.69) is 4.98 Å². The number of rotatable bonds is 2. The summed E-state index contributed by atoms with van der Waals surface area (Å²) >= 11 is 0. The number of oxazole rings is 1. The quantitative estimate of drug-likeness (QED) is 0.822. The van der Waals surface area contributed by atoms with E-state index in [0.29, 0.717) is 17.1 Å². The van der Waals surface area contributed by atoms with Gasteiger partial charge in [-0.2, -0.15) is 4.98 Å². The van der Waals surface area contributed by atoms with Crippen LogP contribution in [0, 0.1) is 11.7 Å². The smallest absolute Gasteiger partial charge is 0.298 e. The lowest BCUT2D eigenvalue weighted by Crippen LogP contribution is -2.34. The Balaban J connectivity index is 1.82. The highest BCUT2D eigenvalue weighted by molar-refractivity contribution is 5.74. The first-order chi connectivity index (χ1) is 8.76. The molecule has 0 saturated carbocycles. The second-order valence-electron chi connectivity index (χ2n) is 4.69. The van der Waals surface area contributed by atoms with Gasteiger partial charge in [-0.3, -0.25) is 4.39 Å². The average Bonchev–Trinajstić information content (AvgIpc) is 2.81. The van der Waals surface area contributed by atoms with E-state index < -0.39 is 0 Å². The molecule has 96 valence electrons.